The van der Waals surface area contributed by atoms with Crippen molar-refractivity contribution in [3.05, 3.63) is 109 Å². The Morgan fingerprint density at radius 1 is 0.296 bits per heavy atom. The molecule has 0 aliphatic rings. The molecule has 0 aromatic heterocycles. The lowest BCUT2D eigenvalue weighted by Crippen LogP contribution is -2.30. The second-order valence-electron chi connectivity index (χ2n) is 19.2. The Balaban J connectivity index is 4.37. The number of rotatable bonds is 52. The fourth-order valence-electron chi connectivity index (χ4n) is 7.86. The fraction of sp³-hybridized carbons (Fsp3) is 0.677. The van der Waals surface area contributed by atoms with Gasteiger partial charge in [0.1, 0.15) is 13.2 Å². The predicted octanol–water partition coefficient (Wildman–Crippen LogP) is 19.9. The number of carbonyl (C=O) groups excluding carboxylic acids is 3. The number of esters is 3. The van der Waals surface area contributed by atoms with Crippen LogP contribution in [0.15, 0.2) is 109 Å². The van der Waals surface area contributed by atoms with Gasteiger partial charge in [-0.1, -0.05) is 246 Å². The Labute approximate surface area is 438 Å². The van der Waals surface area contributed by atoms with Gasteiger partial charge in [-0.25, -0.2) is 0 Å². The highest BCUT2D eigenvalue weighted by molar-refractivity contribution is 5.71. The predicted molar refractivity (Wildman–Crippen MR) is 307 cm³/mol. The van der Waals surface area contributed by atoms with Crippen molar-refractivity contribution in [1.82, 2.24) is 0 Å². The lowest BCUT2D eigenvalue weighted by atomic mass is 10.1. The average Bonchev–Trinajstić information content (AvgIpc) is 3.37. The summed E-state index contributed by atoms with van der Waals surface area (Å²) in [4.78, 5) is 38.1. The summed E-state index contributed by atoms with van der Waals surface area (Å²) in [5, 5.41) is 0. The van der Waals surface area contributed by atoms with Crippen LogP contribution in [0.25, 0.3) is 0 Å². The van der Waals surface area contributed by atoms with E-state index in [9.17, 15) is 14.4 Å². The van der Waals surface area contributed by atoms with Gasteiger partial charge in [0.25, 0.3) is 0 Å². The molecule has 0 N–H and O–H groups in total. The highest BCUT2D eigenvalue weighted by Gasteiger charge is 2.19. The largest absolute Gasteiger partial charge is 0.462 e. The molecule has 6 heteroatoms. The zero-order valence-corrected chi connectivity index (χ0v) is 46.2. The van der Waals surface area contributed by atoms with E-state index in [0.29, 0.717) is 19.3 Å². The molecule has 404 valence electrons. The molecule has 0 rings (SSSR count). The van der Waals surface area contributed by atoms with Crippen LogP contribution >= 0.6 is 0 Å². The minimum Gasteiger partial charge on any atom is -0.462 e. The molecule has 1 atom stereocenters. The molecule has 0 amide bonds. The van der Waals surface area contributed by atoms with Gasteiger partial charge in [0.2, 0.25) is 0 Å². The third kappa shape index (κ3) is 56.9. The van der Waals surface area contributed by atoms with Crippen LogP contribution in [-0.2, 0) is 28.6 Å². The van der Waals surface area contributed by atoms with E-state index in [0.717, 1.165) is 135 Å². The molecule has 0 aliphatic carbocycles. The number of ether oxygens (including phenoxy) is 3. The average molecular weight is 986 g/mol. The zero-order chi connectivity index (χ0) is 51.4. The maximum absolute atomic E-state index is 12.8. The first-order chi connectivity index (χ1) is 35.0. The van der Waals surface area contributed by atoms with Gasteiger partial charge in [0.15, 0.2) is 6.10 Å². The van der Waals surface area contributed by atoms with Crippen molar-refractivity contribution in [2.45, 2.75) is 271 Å². The highest BCUT2D eigenvalue weighted by atomic mass is 16.6. The summed E-state index contributed by atoms with van der Waals surface area (Å²) >= 11 is 0. The third-order valence-electron chi connectivity index (χ3n) is 12.3. The molecule has 0 heterocycles. The maximum atomic E-state index is 12.8. The Hall–Kier alpha value is -3.93. The number of unbranched alkanes of at least 4 members (excludes halogenated alkanes) is 23. The summed E-state index contributed by atoms with van der Waals surface area (Å²) in [5.41, 5.74) is 0. The molecule has 0 saturated heterocycles. The smallest absolute Gasteiger partial charge is 0.306 e. The first kappa shape index (κ1) is 67.1. The second kappa shape index (κ2) is 58.6. The van der Waals surface area contributed by atoms with E-state index in [1.165, 1.54) is 89.9 Å². The van der Waals surface area contributed by atoms with Crippen LogP contribution in [0.2, 0.25) is 0 Å². The second-order valence-corrected chi connectivity index (χ2v) is 19.2. The van der Waals surface area contributed by atoms with Gasteiger partial charge >= 0.3 is 17.9 Å². The van der Waals surface area contributed by atoms with Crippen LogP contribution in [0, 0.1) is 0 Å². The number of hydrogen-bond acceptors (Lipinski definition) is 6. The first-order valence-corrected chi connectivity index (χ1v) is 29.4. The third-order valence-corrected chi connectivity index (χ3v) is 12.3. The minimum absolute atomic E-state index is 0.0920. The van der Waals surface area contributed by atoms with Gasteiger partial charge < -0.3 is 14.2 Å². The topological polar surface area (TPSA) is 78.9 Å². The molecule has 0 bridgehead atoms. The molecule has 1 unspecified atom stereocenters. The molecule has 6 nitrogen and oxygen atoms in total. The van der Waals surface area contributed by atoms with E-state index < -0.39 is 6.10 Å². The number of allylic oxidation sites excluding steroid dienone is 18. The molecule has 0 radical (unpaired) electrons. The van der Waals surface area contributed by atoms with Gasteiger partial charge in [0.05, 0.1) is 0 Å². The molecule has 0 aromatic rings. The van der Waals surface area contributed by atoms with Gasteiger partial charge in [-0.15, -0.1) is 0 Å². The number of carbonyl (C=O) groups is 3. The van der Waals surface area contributed by atoms with Crippen molar-refractivity contribution in [1.29, 1.82) is 0 Å². The maximum Gasteiger partial charge on any atom is 0.306 e. The van der Waals surface area contributed by atoms with Gasteiger partial charge in [-0.05, 0) is 109 Å². The molecule has 0 spiro atoms. The summed E-state index contributed by atoms with van der Waals surface area (Å²) in [6.07, 6.45) is 79.4. The van der Waals surface area contributed by atoms with Gasteiger partial charge in [-0.2, -0.15) is 0 Å². The van der Waals surface area contributed by atoms with Crippen molar-refractivity contribution in [3.8, 4) is 0 Å². The molecular weight excluding hydrogens is 877 g/mol. The first-order valence-electron chi connectivity index (χ1n) is 29.4. The summed E-state index contributed by atoms with van der Waals surface area (Å²) in [6, 6.07) is 0. The zero-order valence-electron chi connectivity index (χ0n) is 46.2. The lowest BCUT2D eigenvalue weighted by Gasteiger charge is -2.18. The molecule has 71 heavy (non-hydrogen) atoms. The quantitative estimate of drug-likeness (QED) is 0.0261. The molecule has 0 aromatic carbocycles. The Morgan fingerprint density at radius 3 is 0.859 bits per heavy atom. The molecular formula is C65H108O6. The summed E-state index contributed by atoms with van der Waals surface area (Å²) in [7, 11) is 0. The fourth-order valence-corrected chi connectivity index (χ4v) is 7.86. The van der Waals surface area contributed by atoms with Crippen molar-refractivity contribution in [2.75, 3.05) is 13.2 Å². The van der Waals surface area contributed by atoms with Gasteiger partial charge in [-0.3, -0.25) is 14.4 Å². The standard InChI is InChI=1S/C65H108O6/c1-4-7-10-13-16-19-21-23-25-27-29-31-32-34-35-37-39-41-43-46-49-52-55-58-64(67)70-61-62(60-69-63(66)57-54-51-48-45-18-15-12-9-6-3)71-65(68)59-56-53-50-47-44-42-40-38-36-33-30-28-26-24-22-20-17-14-11-8-5-2/h7,10,16,19,22-25,28-31,34-36,38-39,41,62H,4-6,8-9,11-15,17-18,20-21,26-27,32-33,37,40,42-61H2,1-3H3/b10-7-,19-16-,24-22-,25-23-,30-28-,31-29-,35-34-,38-36-,41-39-. The molecule has 0 fully saturated rings. The summed E-state index contributed by atoms with van der Waals surface area (Å²) < 4.78 is 16.8. The van der Waals surface area contributed by atoms with Crippen LogP contribution < -0.4 is 0 Å². The number of hydrogen-bond donors (Lipinski definition) is 0. The molecule has 0 saturated carbocycles. The van der Waals surface area contributed by atoms with E-state index in [4.69, 9.17) is 14.2 Å². The van der Waals surface area contributed by atoms with Crippen molar-refractivity contribution in [3.63, 3.8) is 0 Å². The van der Waals surface area contributed by atoms with Gasteiger partial charge in [0, 0.05) is 19.3 Å². The van der Waals surface area contributed by atoms with E-state index in [-0.39, 0.29) is 31.1 Å². The van der Waals surface area contributed by atoms with Crippen LogP contribution in [-0.4, -0.2) is 37.2 Å². The SMILES string of the molecule is CC/C=C\C/C=C\C/C=C\C/C=C\C/C=C\C/C=C\CCCCCCC(=O)OCC(COC(=O)CCCCCCCCCCC)OC(=O)CCCCCCCC/C=C\C/C=C\C/C=C\CCCCCCC. The summed E-state index contributed by atoms with van der Waals surface area (Å²) in [5.74, 6) is -0.932. The lowest BCUT2D eigenvalue weighted by molar-refractivity contribution is -0.167. The van der Waals surface area contributed by atoms with E-state index >= 15 is 0 Å². The van der Waals surface area contributed by atoms with Crippen molar-refractivity contribution in [2.24, 2.45) is 0 Å². The Kier molecular flexibility index (Phi) is 55.4. The van der Waals surface area contributed by atoms with E-state index in [1.54, 1.807) is 0 Å². The monoisotopic (exact) mass is 985 g/mol. The minimum atomic E-state index is -0.796. The van der Waals surface area contributed by atoms with E-state index in [2.05, 4.69) is 130 Å². The van der Waals surface area contributed by atoms with Crippen molar-refractivity contribution >= 4 is 17.9 Å². The Bertz CT molecular complexity index is 1460. The molecule has 0 aliphatic heterocycles. The highest BCUT2D eigenvalue weighted by Crippen LogP contribution is 2.14. The van der Waals surface area contributed by atoms with Crippen molar-refractivity contribution < 1.29 is 28.6 Å². The van der Waals surface area contributed by atoms with Crippen LogP contribution in [0.3, 0.4) is 0 Å². The van der Waals surface area contributed by atoms with E-state index in [1.807, 2.05) is 0 Å². The van der Waals surface area contributed by atoms with Crippen LogP contribution in [0.1, 0.15) is 265 Å². The van der Waals surface area contributed by atoms with Crippen LogP contribution in [0.4, 0.5) is 0 Å². The Morgan fingerprint density at radius 2 is 0.549 bits per heavy atom. The van der Waals surface area contributed by atoms with Crippen LogP contribution in [0.5, 0.6) is 0 Å². The summed E-state index contributed by atoms with van der Waals surface area (Å²) in [6.45, 7) is 6.46. The normalized spacial score (nSPS) is 12.9.